The number of carbonyl (C=O) groups excluding carboxylic acids is 1. The molecular weight excluding hydrogens is 272 g/mol. The summed E-state index contributed by atoms with van der Waals surface area (Å²) in [6.07, 6.45) is 1.50. The maximum absolute atomic E-state index is 11.5. The molecule has 0 saturated carbocycles. The van der Waals surface area contributed by atoms with Crippen LogP contribution in [0.1, 0.15) is 18.7 Å². The Kier molecular flexibility index (Phi) is 5.06. The summed E-state index contributed by atoms with van der Waals surface area (Å²) in [5.41, 5.74) is 0.914. The van der Waals surface area contributed by atoms with Gasteiger partial charge in [-0.1, -0.05) is 5.57 Å². The van der Waals surface area contributed by atoms with Crippen LogP contribution in [0.15, 0.2) is 28.0 Å². The third kappa shape index (κ3) is 4.25. The number of rotatable bonds is 5. The number of thiophene rings is 1. The van der Waals surface area contributed by atoms with E-state index in [0.29, 0.717) is 6.54 Å². The fourth-order valence-corrected chi connectivity index (χ4v) is 3.32. The summed E-state index contributed by atoms with van der Waals surface area (Å²) < 4.78 is 25.5. The zero-order valence-electron chi connectivity index (χ0n) is 10.5. The second-order valence-corrected chi connectivity index (χ2v) is 7.15. The highest BCUT2D eigenvalue weighted by molar-refractivity contribution is 7.91. The molecule has 1 heterocycles. The average Bonchev–Trinajstić information content (AvgIpc) is 2.74. The van der Waals surface area contributed by atoms with Crippen molar-refractivity contribution >= 4 is 27.3 Å². The van der Waals surface area contributed by atoms with Gasteiger partial charge in [-0.3, -0.25) is 4.79 Å². The number of hydrogen-bond donors (Lipinski definition) is 2. The molecule has 100 valence electrons. The zero-order chi connectivity index (χ0) is 13.8. The first-order valence-electron chi connectivity index (χ1n) is 5.30. The van der Waals surface area contributed by atoms with Crippen LogP contribution in [-0.2, 0) is 21.4 Å². The van der Waals surface area contributed by atoms with Crippen molar-refractivity contribution in [3.05, 3.63) is 28.7 Å². The van der Waals surface area contributed by atoms with Crippen molar-refractivity contribution in [2.75, 3.05) is 7.05 Å². The summed E-state index contributed by atoms with van der Waals surface area (Å²) in [5.74, 6) is -0.179. The Morgan fingerprint density at radius 2 is 2.06 bits per heavy atom. The van der Waals surface area contributed by atoms with Crippen molar-refractivity contribution in [2.24, 2.45) is 0 Å². The summed E-state index contributed by atoms with van der Waals surface area (Å²) in [4.78, 5) is 12.2. The molecule has 0 fully saturated rings. The van der Waals surface area contributed by atoms with E-state index in [4.69, 9.17) is 0 Å². The normalized spacial score (nSPS) is 11.1. The molecule has 1 aromatic rings. The maximum Gasteiger partial charge on any atom is 0.249 e. The first kappa shape index (κ1) is 14.9. The van der Waals surface area contributed by atoms with E-state index in [2.05, 4.69) is 10.0 Å². The molecule has 1 amide bonds. The second kappa shape index (κ2) is 6.12. The third-order valence-electron chi connectivity index (χ3n) is 2.03. The van der Waals surface area contributed by atoms with E-state index in [1.807, 2.05) is 13.8 Å². The molecule has 0 aliphatic carbocycles. The van der Waals surface area contributed by atoms with E-state index in [0.717, 1.165) is 21.8 Å². The zero-order valence-corrected chi connectivity index (χ0v) is 12.1. The lowest BCUT2D eigenvalue weighted by Gasteiger charge is -2.00. The van der Waals surface area contributed by atoms with Crippen LogP contribution in [0.5, 0.6) is 0 Å². The molecule has 0 radical (unpaired) electrons. The standard InChI is InChI=1S/C11H16N2O3S2/c1-8(2)6-10(14)13-7-9-4-5-11(17-9)18(15,16)12-3/h4-6,12H,7H2,1-3H3,(H,13,14). The van der Waals surface area contributed by atoms with Gasteiger partial charge in [0.1, 0.15) is 4.21 Å². The molecule has 0 atom stereocenters. The smallest absolute Gasteiger partial charge is 0.249 e. The number of allylic oxidation sites excluding steroid dienone is 1. The fraction of sp³-hybridized carbons (Fsp3) is 0.364. The first-order valence-corrected chi connectivity index (χ1v) is 7.60. The molecule has 0 aromatic carbocycles. The van der Waals surface area contributed by atoms with Gasteiger partial charge in [0.15, 0.2) is 0 Å². The third-order valence-corrected chi connectivity index (χ3v) is 5.02. The Bertz CT molecular complexity index is 555. The van der Waals surface area contributed by atoms with Crippen molar-refractivity contribution in [3.8, 4) is 0 Å². The Balaban J connectivity index is 2.66. The minimum absolute atomic E-state index is 0.179. The summed E-state index contributed by atoms with van der Waals surface area (Å²) >= 11 is 1.14. The highest BCUT2D eigenvalue weighted by atomic mass is 32.2. The van der Waals surface area contributed by atoms with E-state index >= 15 is 0 Å². The molecule has 1 aromatic heterocycles. The van der Waals surface area contributed by atoms with Gasteiger partial charge >= 0.3 is 0 Å². The van der Waals surface area contributed by atoms with Gasteiger partial charge in [0.2, 0.25) is 15.9 Å². The van der Waals surface area contributed by atoms with Crippen LogP contribution >= 0.6 is 11.3 Å². The number of hydrogen-bond acceptors (Lipinski definition) is 4. The van der Waals surface area contributed by atoms with Crippen molar-refractivity contribution in [1.82, 2.24) is 10.0 Å². The number of amides is 1. The van der Waals surface area contributed by atoms with Crippen LogP contribution < -0.4 is 10.0 Å². The molecular formula is C11H16N2O3S2. The van der Waals surface area contributed by atoms with Crippen molar-refractivity contribution in [1.29, 1.82) is 0 Å². The van der Waals surface area contributed by atoms with E-state index in [1.54, 1.807) is 6.07 Å². The van der Waals surface area contributed by atoms with Crippen LogP contribution in [0.4, 0.5) is 0 Å². The van der Waals surface area contributed by atoms with Gasteiger partial charge in [-0.25, -0.2) is 13.1 Å². The Hall–Kier alpha value is -1.18. The van der Waals surface area contributed by atoms with Gasteiger partial charge in [-0.15, -0.1) is 11.3 Å². The van der Waals surface area contributed by atoms with E-state index in [-0.39, 0.29) is 10.1 Å². The number of nitrogens with one attached hydrogen (secondary N) is 2. The van der Waals surface area contributed by atoms with Gasteiger partial charge < -0.3 is 5.32 Å². The molecule has 7 heteroatoms. The van der Waals surface area contributed by atoms with E-state index in [1.165, 1.54) is 19.2 Å². The van der Waals surface area contributed by atoms with Crippen LogP contribution in [0.2, 0.25) is 0 Å². The summed E-state index contributed by atoms with van der Waals surface area (Å²) in [6.45, 7) is 4.00. The van der Waals surface area contributed by atoms with Gasteiger partial charge in [-0.05, 0) is 33.0 Å². The SMILES string of the molecule is CNS(=O)(=O)c1ccc(CNC(=O)C=C(C)C)s1. The van der Waals surface area contributed by atoms with Gasteiger partial charge in [0.05, 0.1) is 6.54 Å². The maximum atomic E-state index is 11.5. The van der Waals surface area contributed by atoms with Crippen LogP contribution in [0, 0.1) is 0 Å². The molecule has 0 saturated heterocycles. The summed E-state index contributed by atoms with van der Waals surface area (Å²) in [5, 5.41) is 2.69. The van der Waals surface area contributed by atoms with Gasteiger partial charge in [-0.2, -0.15) is 0 Å². The number of sulfonamides is 1. The number of carbonyl (C=O) groups is 1. The van der Waals surface area contributed by atoms with Crippen molar-refractivity contribution < 1.29 is 13.2 Å². The lowest BCUT2D eigenvalue weighted by Crippen LogP contribution is -2.20. The average molecular weight is 288 g/mol. The van der Waals surface area contributed by atoms with Crippen molar-refractivity contribution in [3.63, 3.8) is 0 Å². The molecule has 0 aliphatic heterocycles. The lowest BCUT2D eigenvalue weighted by molar-refractivity contribution is -0.116. The molecule has 18 heavy (non-hydrogen) atoms. The first-order chi connectivity index (χ1) is 8.35. The van der Waals surface area contributed by atoms with Gasteiger partial charge in [0.25, 0.3) is 0 Å². The predicted molar refractivity (Wildman–Crippen MR) is 71.8 cm³/mol. The molecule has 5 nitrogen and oxygen atoms in total. The Morgan fingerprint density at radius 3 is 2.61 bits per heavy atom. The Labute approximate surface area is 111 Å². The van der Waals surface area contributed by atoms with Gasteiger partial charge in [0, 0.05) is 11.0 Å². The van der Waals surface area contributed by atoms with Crippen LogP contribution in [0.3, 0.4) is 0 Å². The van der Waals surface area contributed by atoms with E-state index in [9.17, 15) is 13.2 Å². The van der Waals surface area contributed by atoms with E-state index < -0.39 is 10.0 Å². The topological polar surface area (TPSA) is 75.3 Å². The fourth-order valence-electron chi connectivity index (χ4n) is 1.19. The molecule has 1 rings (SSSR count). The largest absolute Gasteiger partial charge is 0.348 e. The highest BCUT2D eigenvalue weighted by Gasteiger charge is 2.14. The summed E-state index contributed by atoms with van der Waals surface area (Å²) in [7, 11) is -2.02. The minimum atomic E-state index is -3.39. The molecule has 0 bridgehead atoms. The van der Waals surface area contributed by atoms with Crippen molar-refractivity contribution in [2.45, 2.75) is 24.6 Å². The minimum Gasteiger partial charge on any atom is -0.348 e. The monoisotopic (exact) mass is 288 g/mol. The quantitative estimate of drug-likeness (QED) is 0.800. The molecule has 2 N–H and O–H groups in total. The molecule has 0 spiro atoms. The predicted octanol–water partition coefficient (Wildman–Crippen LogP) is 1.24. The summed E-state index contributed by atoms with van der Waals surface area (Å²) in [6, 6.07) is 3.22. The second-order valence-electron chi connectivity index (χ2n) is 3.87. The lowest BCUT2D eigenvalue weighted by atomic mass is 10.3. The van der Waals surface area contributed by atoms with Crippen LogP contribution in [-0.4, -0.2) is 21.4 Å². The molecule has 0 aliphatic rings. The Morgan fingerprint density at radius 1 is 1.39 bits per heavy atom. The molecule has 0 unspecified atom stereocenters. The highest BCUT2D eigenvalue weighted by Crippen LogP contribution is 2.20. The van der Waals surface area contributed by atoms with Crippen LogP contribution in [0.25, 0.3) is 0 Å².